The van der Waals surface area contributed by atoms with E-state index in [4.69, 9.17) is 10.5 Å². The number of amides is 1. The molecule has 1 fully saturated rings. The summed E-state index contributed by atoms with van der Waals surface area (Å²) in [6.45, 7) is 5.31. The standard InChI is InChI=1S/C17H26N2O2.ClH/c1-13(2)11-21-15-7-5-6-14(10-15)19-16(20)17(12-18)8-3-4-9-17;/h5-7,10,13H,3-4,8-9,11-12,18H2,1-2H3,(H,19,20);1H. The third-order valence-electron chi connectivity index (χ3n) is 4.11. The number of hydrogen-bond donors (Lipinski definition) is 2. The predicted molar refractivity (Wildman–Crippen MR) is 92.6 cm³/mol. The highest BCUT2D eigenvalue weighted by Gasteiger charge is 2.39. The zero-order chi connectivity index (χ0) is 15.3. The first-order valence-electron chi connectivity index (χ1n) is 7.80. The molecule has 124 valence electrons. The van der Waals surface area contributed by atoms with Crippen LogP contribution in [0.3, 0.4) is 0 Å². The van der Waals surface area contributed by atoms with Gasteiger partial charge in [-0.15, -0.1) is 12.4 Å². The molecule has 2 rings (SSSR count). The van der Waals surface area contributed by atoms with E-state index in [-0.39, 0.29) is 23.7 Å². The summed E-state index contributed by atoms with van der Waals surface area (Å²) >= 11 is 0. The highest BCUT2D eigenvalue weighted by molar-refractivity contribution is 5.95. The molecule has 1 aromatic carbocycles. The molecule has 0 aliphatic heterocycles. The van der Waals surface area contributed by atoms with Crippen molar-refractivity contribution >= 4 is 24.0 Å². The molecule has 1 aliphatic rings. The van der Waals surface area contributed by atoms with Crippen LogP contribution in [0.5, 0.6) is 5.75 Å². The van der Waals surface area contributed by atoms with Crippen molar-refractivity contribution in [2.45, 2.75) is 39.5 Å². The zero-order valence-corrected chi connectivity index (χ0v) is 14.2. The van der Waals surface area contributed by atoms with E-state index in [1.165, 1.54) is 0 Å². The average molecular weight is 327 g/mol. The third-order valence-corrected chi connectivity index (χ3v) is 4.11. The molecule has 1 amide bonds. The molecule has 0 unspecified atom stereocenters. The van der Waals surface area contributed by atoms with Crippen LogP contribution in [0.4, 0.5) is 5.69 Å². The van der Waals surface area contributed by atoms with E-state index in [0.717, 1.165) is 37.1 Å². The second-order valence-electron chi connectivity index (χ2n) is 6.38. The molecule has 22 heavy (non-hydrogen) atoms. The van der Waals surface area contributed by atoms with E-state index in [1.807, 2.05) is 24.3 Å². The first-order chi connectivity index (χ1) is 10.1. The first kappa shape index (κ1) is 18.8. The lowest BCUT2D eigenvalue weighted by Crippen LogP contribution is -2.40. The smallest absolute Gasteiger partial charge is 0.231 e. The van der Waals surface area contributed by atoms with Crippen molar-refractivity contribution in [3.8, 4) is 5.75 Å². The number of rotatable bonds is 6. The largest absolute Gasteiger partial charge is 0.493 e. The van der Waals surface area contributed by atoms with Gasteiger partial charge >= 0.3 is 0 Å². The third kappa shape index (κ3) is 4.62. The molecule has 1 aliphatic carbocycles. The van der Waals surface area contributed by atoms with Crippen LogP contribution in [0.15, 0.2) is 24.3 Å². The predicted octanol–water partition coefficient (Wildman–Crippen LogP) is 3.60. The van der Waals surface area contributed by atoms with Crippen molar-refractivity contribution in [3.63, 3.8) is 0 Å². The highest BCUT2D eigenvalue weighted by atomic mass is 35.5. The molecule has 4 nitrogen and oxygen atoms in total. The van der Waals surface area contributed by atoms with Crippen molar-refractivity contribution in [1.29, 1.82) is 0 Å². The molecule has 0 atom stereocenters. The van der Waals surface area contributed by atoms with Crippen molar-refractivity contribution in [2.24, 2.45) is 17.1 Å². The Morgan fingerprint density at radius 3 is 2.64 bits per heavy atom. The molecular weight excluding hydrogens is 300 g/mol. The SMILES string of the molecule is CC(C)COc1cccc(NC(=O)C2(CN)CCCC2)c1.Cl. The fourth-order valence-electron chi connectivity index (χ4n) is 2.77. The fraction of sp³-hybridized carbons (Fsp3) is 0.588. The molecule has 1 saturated carbocycles. The maximum absolute atomic E-state index is 12.5. The second kappa shape index (κ2) is 8.39. The van der Waals surface area contributed by atoms with Gasteiger partial charge in [-0.1, -0.05) is 32.8 Å². The number of ether oxygens (including phenoxy) is 1. The van der Waals surface area contributed by atoms with Crippen molar-refractivity contribution in [2.75, 3.05) is 18.5 Å². The number of carbonyl (C=O) groups excluding carboxylic acids is 1. The summed E-state index contributed by atoms with van der Waals surface area (Å²) in [4.78, 5) is 12.5. The lowest BCUT2D eigenvalue weighted by molar-refractivity contribution is -0.124. The van der Waals surface area contributed by atoms with E-state index in [2.05, 4.69) is 19.2 Å². The molecule has 0 radical (unpaired) electrons. The van der Waals surface area contributed by atoms with Crippen LogP contribution in [-0.2, 0) is 4.79 Å². The lowest BCUT2D eigenvalue weighted by Gasteiger charge is -2.25. The summed E-state index contributed by atoms with van der Waals surface area (Å²) in [5, 5.41) is 3.00. The minimum Gasteiger partial charge on any atom is -0.493 e. The Morgan fingerprint density at radius 1 is 1.36 bits per heavy atom. The van der Waals surface area contributed by atoms with Gasteiger partial charge in [-0.3, -0.25) is 4.79 Å². The number of hydrogen-bond acceptors (Lipinski definition) is 3. The van der Waals surface area contributed by atoms with Crippen LogP contribution < -0.4 is 15.8 Å². The highest BCUT2D eigenvalue weighted by Crippen LogP contribution is 2.38. The summed E-state index contributed by atoms with van der Waals surface area (Å²) in [6, 6.07) is 7.57. The fourth-order valence-corrected chi connectivity index (χ4v) is 2.77. The molecule has 0 spiro atoms. The van der Waals surface area contributed by atoms with Gasteiger partial charge in [0.05, 0.1) is 12.0 Å². The molecule has 0 aromatic heterocycles. The van der Waals surface area contributed by atoms with Gasteiger partial charge in [0.25, 0.3) is 0 Å². The number of anilines is 1. The minimum absolute atomic E-state index is 0. The monoisotopic (exact) mass is 326 g/mol. The van der Waals surface area contributed by atoms with Crippen molar-refractivity contribution < 1.29 is 9.53 Å². The van der Waals surface area contributed by atoms with Crippen LogP contribution in [0.2, 0.25) is 0 Å². The van der Waals surface area contributed by atoms with Gasteiger partial charge in [-0.2, -0.15) is 0 Å². The summed E-state index contributed by atoms with van der Waals surface area (Å²) in [5.74, 6) is 1.31. The normalized spacial score (nSPS) is 16.2. The van der Waals surface area contributed by atoms with E-state index in [9.17, 15) is 4.79 Å². The number of carbonyl (C=O) groups is 1. The van der Waals surface area contributed by atoms with Crippen molar-refractivity contribution in [3.05, 3.63) is 24.3 Å². The van der Waals surface area contributed by atoms with Crippen LogP contribution in [-0.4, -0.2) is 19.1 Å². The summed E-state index contributed by atoms with van der Waals surface area (Å²) in [7, 11) is 0. The molecule has 0 heterocycles. The van der Waals surface area contributed by atoms with Gasteiger partial charge in [0.1, 0.15) is 5.75 Å². The average Bonchev–Trinajstić information content (AvgIpc) is 2.96. The Labute approximate surface area is 139 Å². The van der Waals surface area contributed by atoms with E-state index in [1.54, 1.807) is 0 Å². The maximum atomic E-state index is 12.5. The Bertz CT molecular complexity index is 485. The number of halogens is 1. The van der Waals surface area contributed by atoms with E-state index >= 15 is 0 Å². The molecular formula is C17H27ClN2O2. The van der Waals surface area contributed by atoms with Gasteiger partial charge in [0, 0.05) is 18.3 Å². The van der Waals surface area contributed by atoms with Crippen LogP contribution in [0, 0.1) is 11.3 Å². The zero-order valence-electron chi connectivity index (χ0n) is 13.4. The van der Waals surface area contributed by atoms with E-state index < -0.39 is 0 Å². The van der Waals surface area contributed by atoms with Gasteiger partial charge < -0.3 is 15.8 Å². The maximum Gasteiger partial charge on any atom is 0.231 e. The molecule has 0 bridgehead atoms. The van der Waals surface area contributed by atoms with Crippen molar-refractivity contribution in [1.82, 2.24) is 0 Å². The van der Waals surface area contributed by atoms with Crippen LogP contribution in [0.1, 0.15) is 39.5 Å². The second-order valence-corrected chi connectivity index (χ2v) is 6.38. The minimum atomic E-state index is -0.380. The molecule has 5 heteroatoms. The first-order valence-corrected chi connectivity index (χ1v) is 7.80. The van der Waals surface area contributed by atoms with Gasteiger partial charge in [-0.25, -0.2) is 0 Å². The van der Waals surface area contributed by atoms with Crippen LogP contribution >= 0.6 is 12.4 Å². The molecule has 1 aromatic rings. The Hall–Kier alpha value is -1.26. The summed E-state index contributed by atoms with van der Waals surface area (Å²) < 4.78 is 5.69. The Morgan fingerprint density at radius 2 is 2.05 bits per heavy atom. The summed E-state index contributed by atoms with van der Waals surface area (Å²) in [6.07, 6.45) is 3.95. The molecule has 3 N–H and O–H groups in total. The quantitative estimate of drug-likeness (QED) is 0.839. The lowest BCUT2D eigenvalue weighted by atomic mass is 9.85. The Balaban J connectivity index is 0.00000242. The Kier molecular flexibility index (Phi) is 7.17. The number of nitrogens with one attached hydrogen (secondary N) is 1. The van der Waals surface area contributed by atoms with Crippen LogP contribution in [0.25, 0.3) is 0 Å². The van der Waals surface area contributed by atoms with E-state index in [0.29, 0.717) is 19.1 Å². The summed E-state index contributed by atoms with van der Waals surface area (Å²) in [5.41, 5.74) is 6.25. The molecule has 0 saturated heterocycles. The number of nitrogens with two attached hydrogens (primary N) is 1. The van der Waals surface area contributed by atoms with Gasteiger partial charge in [0.15, 0.2) is 0 Å². The number of benzene rings is 1. The topological polar surface area (TPSA) is 64.3 Å². The van der Waals surface area contributed by atoms with Gasteiger partial charge in [-0.05, 0) is 30.9 Å². The van der Waals surface area contributed by atoms with Gasteiger partial charge in [0.2, 0.25) is 5.91 Å².